The Hall–Kier alpha value is -2.00. The van der Waals surface area contributed by atoms with Gasteiger partial charge in [0.05, 0.1) is 19.8 Å². The summed E-state index contributed by atoms with van der Waals surface area (Å²) in [6, 6.07) is 18.4. The van der Waals surface area contributed by atoms with E-state index in [9.17, 15) is 25.5 Å². The summed E-state index contributed by atoms with van der Waals surface area (Å²) >= 11 is 0. The van der Waals surface area contributed by atoms with Crippen LogP contribution in [-0.4, -0.2) is 100 Å². The molecule has 3 aliphatic heterocycles. The topological polar surface area (TPSA) is 157 Å². The second-order valence-electron chi connectivity index (χ2n) is 9.30. The van der Waals surface area contributed by atoms with Crippen molar-refractivity contribution in [2.75, 3.05) is 13.2 Å². The fourth-order valence-corrected chi connectivity index (χ4v) is 4.74. The zero-order valence-corrected chi connectivity index (χ0v) is 19.9. The molecule has 11 atom stereocenters. The van der Waals surface area contributed by atoms with Crippen LogP contribution in [0.5, 0.6) is 0 Å². The summed E-state index contributed by atoms with van der Waals surface area (Å²) < 4.78 is 34.5. The van der Waals surface area contributed by atoms with Crippen LogP contribution in [0.15, 0.2) is 60.7 Å². The van der Waals surface area contributed by atoms with Gasteiger partial charge in [-0.2, -0.15) is 0 Å². The van der Waals surface area contributed by atoms with Crippen molar-refractivity contribution in [1.29, 1.82) is 0 Å². The summed E-state index contributed by atoms with van der Waals surface area (Å²) in [5, 5.41) is 52.8. The van der Waals surface area contributed by atoms with Gasteiger partial charge in [-0.25, -0.2) is 0 Å². The molecule has 37 heavy (non-hydrogen) atoms. The van der Waals surface area contributed by atoms with E-state index in [-0.39, 0.29) is 13.2 Å². The van der Waals surface area contributed by atoms with Gasteiger partial charge in [0, 0.05) is 5.56 Å². The summed E-state index contributed by atoms with van der Waals surface area (Å²) in [7, 11) is 0. The molecule has 0 saturated carbocycles. The molecule has 2 aromatic carbocycles. The van der Waals surface area contributed by atoms with E-state index >= 15 is 0 Å². The molecule has 3 heterocycles. The number of aliphatic hydroxyl groups is 5. The quantitative estimate of drug-likeness (QED) is 0.323. The van der Waals surface area contributed by atoms with Crippen LogP contribution in [0.4, 0.5) is 0 Å². The Kier molecular flexibility index (Phi) is 8.49. The van der Waals surface area contributed by atoms with E-state index in [1.54, 1.807) is 0 Å². The molecule has 3 aliphatic rings. The lowest BCUT2D eigenvalue weighted by Gasteiger charge is -2.48. The van der Waals surface area contributed by atoms with Crippen molar-refractivity contribution >= 4 is 0 Å². The van der Waals surface area contributed by atoms with Gasteiger partial charge in [-0.1, -0.05) is 60.7 Å². The van der Waals surface area contributed by atoms with Gasteiger partial charge in [0.1, 0.15) is 48.8 Å². The zero-order valence-electron chi connectivity index (χ0n) is 19.9. The predicted molar refractivity (Wildman–Crippen MR) is 125 cm³/mol. The number of aliphatic hydroxyl groups excluding tert-OH is 5. The van der Waals surface area contributed by atoms with E-state index in [1.807, 2.05) is 60.7 Å². The minimum Gasteiger partial charge on any atom is -0.394 e. The lowest BCUT2D eigenvalue weighted by molar-refractivity contribution is -0.386. The largest absolute Gasteiger partial charge is 0.394 e. The normalized spacial score (nSPS) is 40.2. The molecule has 0 radical (unpaired) electrons. The van der Waals surface area contributed by atoms with E-state index < -0.39 is 74.3 Å². The van der Waals surface area contributed by atoms with Gasteiger partial charge in [-0.3, -0.25) is 0 Å². The van der Waals surface area contributed by atoms with Crippen LogP contribution in [0.1, 0.15) is 17.4 Å². The van der Waals surface area contributed by atoms with Crippen molar-refractivity contribution < 1.29 is 54.0 Å². The molecule has 0 amide bonds. The van der Waals surface area contributed by atoms with Crippen LogP contribution in [-0.2, 0) is 35.0 Å². The smallest absolute Gasteiger partial charge is 0.187 e. The van der Waals surface area contributed by atoms with E-state index in [1.165, 1.54) is 0 Å². The zero-order chi connectivity index (χ0) is 25.9. The van der Waals surface area contributed by atoms with E-state index in [0.717, 1.165) is 11.1 Å². The van der Waals surface area contributed by atoms with Crippen LogP contribution in [0.3, 0.4) is 0 Å². The molecule has 3 saturated heterocycles. The average molecular weight is 521 g/mol. The third-order valence-electron chi connectivity index (χ3n) is 6.77. The maximum atomic E-state index is 10.8. The summed E-state index contributed by atoms with van der Waals surface area (Å²) in [6.45, 7) is -0.399. The molecule has 0 spiro atoms. The Morgan fingerprint density at radius 2 is 1.43 bits per heavy atom. The molecule has 11 nitrogen and oxygen atoms in total. The predicted octanol–water partition coefficient (Wildman–Crippen LogP) is -0.412. The van der Waals surface area contributed by atoms with Crippen molar-refractivity contribution in [3.05, 3.63) is 71.8 Å². The Bertz CT molecular complexity index is 975. The minimum atomic E-state index is -1.55. The molecular formula is C26H32O11. The van der Waals surface area contributed by atoms with Gasteiger partial charge in [0.15, 0.2) is 18.9 Å². The molecule has 3 fully saturated rings. The van der Waals surface area contributed by atoms with Crippen molar-refractivity contribution in [2.45, 2.75) is 74.3 Å². The number of rotatable bonds is 7. The monoisotopic (exact) mass is 520 g/mol. The molecule has 11 unspecified atom stereocenters. The number of hydrogen-bond acceptors (Lipinski definition) is 11. The third-order valence-corrected chi connectivity index (χ3v) is 6.77. The molecule has 0 bridgehead atoms. The summed E-state index contributed by atoms with van der Waals surface area (Å²) in [4.78, 5) is 0. The first kappa shape index (κ1) is 26.6. The van der Waals surface area contributed by atoms with E-state index in [4.69, 9.17) is 28.4 Å². The highest BCUT2D eigenvalue weighted by atomic mass is 16.8. The van der Waals surface area contributed by atoms with Gasteiger partial charge in [0.25, 0.3) is 0 Å². The second kappa shape index (κ2) is 11.8. The molecule has 202 valence electrons. The summed E-state index contributed by atoms with van der Waals surface area (Å²) in [5.41, 5.74) is 1.59. The average Bonchev–Trinajstić information content (AvgIpc) is 2.94. The molecule has 5 rings (SSSR count). The maximum Gasteiger partial charge on any atom is 0.187 e. The molecule has 5 N–H and O–H groups in total. The number of hydrogen-bond donors (Lipinski definition) is 5. The fourth-order valence-electron chi connectivity index (χ4n) is 4.74. The standard InChI is InChI=1S/C26H32O11/c27-11-16-22(18(28)20(30)25(34-16)32-12-14-7-3-1-4-8-14)37-26-21(31)19(29)23-17(35-26)13-33-24(36-23)15-9-5-2-6-10-15/h1-10,16-31H,11-13H2. The second-order valence-corrected chi connectivity index (χ2v) is 9.30. The SMILES string of the molecule is OCC1OC(OCc2ccccc2)C(O)C(O)C1OC1OC2COC(c3ccccc3)OC2C(O)C1O. The molecule has 0 aromatic heterocycles. The first-order chi connectivity index (χ1) is 18.0. The molecular weight excluding hydrogens is 488 g/mol. The Morgan fingerprint density at radius 1 is 0.757 bits per heavy atom. The van der Waals surface area contributed by atoms with Crippen molar-refractivity contribution in [1.82, 2.24) is 0 Å². The maximum absolute atomic E-state index is 10.8. The lowest BCUT2D eigenvalue weighted by Crippen LogP contribution is -2.65. The first-order valence-corrected chi connectivity index (χ1v) is 12.2. The van der Waals surface area contributed by atoms with Gasteiger partial charge in [-0.15, -0.1) is 0 Å². The van der Waals surface area contributed by atoms with E-state index in [0.29, 0.717) is 0 Å². The first-order valence-electron chi connectivity index (χ1n) is 12.2. The number of fused-ring (bicyclic) bond motifs is 1. The van der Waals surface area contributed by atoms with Crippen LogP contribution >= 0.6 is 0 Å². The van der Waals surface area contributed by atoms with Crippen LogP contribution < -0.4 is 0 Å². The molecule has 2 aromatic rings. The van der Waals surface area contributed by atoms with Gasteiger partial charge >= 0.3 is 0 Å². The van der Waals surface area contributed by atoms with Gasteiger partial charge in [-0.05, 0) is 5.56 Å². The highest BCUT2D eigenvalue weighted by Gasteiger charge is 2.53. The Labute approximate surface area is 213 Å². The highest BCUT2D eigenvalue weighted by Crippen LogP contribution is 2.36. The van der Waals surface area contributed by atoms with Crippen LogP contribution in [0.25, 0.3) is 0 Å². The minimum absolute atomic E-state index is 0.0546. The Balaban J connectivity index is 1.21. The summed E-state index contributed by atoms with van der Waals surface area (Å²) in [5.74, 6) is 0. The van der Waals surface area contributed by atoms with Crippen LogP contribution in [0, 0.1) is 0 Å². The Morgan fingerprint density at radius 3 is 2.14 bits per heavy atom. The third kappa shape index (κ3) is 5.72. The van der Waals surface area contributed by atoms with Gasteiger partial charge in [0.2, 0.25) is 0 Å². The molecule has 11 heteroatoms. The summed E-state index contributed by atoms with van der Waals surface area (Å²) in [6.07, 6.45) is -13.4. The molecule has 0 aliphatic carbocycles. The van der Waals surface area contributed by atoms with Crippen molar-refractivity contribution in [2.24, 2.45) is 0 Å². The van der Waals surface area contributed by atoms with E-state index in [2.05, 4.69) is 0 Å². The van der Waals surface area contributed by atoms with Crippen LogP contribution in [0.2, 0.25) is 0 Å². The van der Waals surface area contributed by atoms with Crippen molar-refractivity contribution in [3.63, 3.8) is 0 Å². The lowest BCUT2D eigenvalue weighted by atomic mass is 9.96. The highest BCUT2D eigenvalue weighted by molar-refractivity contribution is 5.17. The van der Waals surface area contributed by atoms with Gasteiger partial charge < -0.3 is 54.0 Å². The van der Waals surface area contributed by atoms with Crippen molar-refractivity contribution in [3.8, 4) is 0 Å². The fraction of sp³-hybridized carbons (Fsp3) is 0.538. The number of benzene rings is 2. The number of ether oxygens (including phenoxy) is 6.